The summed E-state index contributed by atoms with van der Waals surface area (Å²) in [6.45, 7) is 2.30. The molecule has 0 radical (unpaired) electrons. The van der Waals surface area contributed by atoms with Crippen molar-refractivity contribution in [1.29, 1.82) is 0 Å². The van der Waals surface area contributed by atoms with Crippen molar-refractivity contribution in [3.05, 3.63) is 17.5 Å². The number of nitrogens with two attached hydrogens (primary N) is 1. The molecule has 4 heteroatoms. The van der Waals surface area contributed by atoms with E-state index in [0.717, 1.165) is 13.2 Å². The maximum atomic E-state index is 5.69. The van der Waals surface area contributed by atoms with Crippen LogP contribution in [0.5, 0.6) is 0 Å². The number of rotatable bonds is 3. The Kier molecular flexibility index (Phi) is 2.41. The Balaban J connectivity index is 2.01. The van der Waals surface area contributed by atoms with Crippen LogP contribution in [-0.4, -0.2) is 24.5 Å². The first kappa shape index (κ1) is 8.56. The lowest BCUT2D eigenvalue weighted by Crippen LogP contribution is -2.52. The average molecular weight is 201 g/mol. The highest BCUT2D eigenvalue weighted by molar-refractivity contribution is 8.02. The fourth-order valence-corrected chi connectivity index (χ4v) is 3.36. The summed E-state index contributed by atoms with van der Waals surface area (Å²) in [4.78, 5) is 0. The van der Waals surface area contributed by atoms with Crippen LogP contribution in [0.4, 0.5) is 0 Å². The van der Waals surface area contributed by atoms with E-state index >= 15 is 0 Å². The van der Waals surface area contributed by atoms with Gasteiger partial charge in [0.2, 0.25) is 0 Å². The zero-order valence-corrected chi connectivity index (χ0v) is 8.29. The maximum Gasteiger partial charge on any atom is 0.0802 e. The summed E-state index contributed by atoms with van der Waals surface area (Å²) in [5.74, 6) is 0. The Morgan fingerprint density at radius 3 is 2.92 bits per heavy atom. The molecule has 0 saturated carbocycles. The molecule has 1 aromatic rings. The second-order valence-electron chi connectivity index (χ2n) is 2.91. The highest BCUT2D eigenvalue weighted by Gasteiger charge is 2.38. The minimum atomic E-state index is 0.171. The second kappa shape index (κ2) is 3.38. The number of hydrogen-bond donors (Lipinski definition) is 1. The molecule has 0 spiro atoms. The number of thioether (sulfide) groups is 1. The third kappa shape index (κ3) is 1.52. The lowest BCUT2D eigenvalue weighted by atomic mass is 10.1. The van der Waals surface area contributed by atoms with Crippen molar-refractivity contribution >= 4 is 23.1 Å². The molecule has 1 saturated heterocycles. The van der Waals surface area contributed by atoms with Gasteiger partial charge in [-0.05, 0) is 11.4 Å². The summed E-state index contributed by atoms with van der Waals surface area (Å²) in [6, 6.07) is 4.20. The van der Waals surface area contributed by atoms with Crippen LogP contribution in [0.15, 0.2) is 21.7 Å². The van der Waals surface area contributed by atoms with Crippen molar-refractivity contribution in [2.24, 2.45) is 5.73 Å². The van der Waals surface area contributed by atoms with Crippen LogP contribution >= 0.6 is 23.1 Å². The monoisotopic (exact) mass is 201 g/mol. The second-order valence-corrected chi connectivity index (χ2v) is 5.63. The summed E-state index contributed by atoms with van der Waals surface area (Å²) in [7, 11) is 0. The van der Waals surface area contributed by atoms with Gasteiger partial charge in [-0.15, -0.1) is 23.1 Å². The molecule has 0 aromatic carbocycles. The lowest BCUT2D eigenvalue weighted by Gasteiger charge is -2.39. The van der Waals surface area contributed by atoms with Gasteiger partial charge in [0.1, 0.15) is 0 Å². The zero-order chi connectivity index (χ0) is 8.44. The van der Waals surface area contributed by atoms with Gasteiger partial charge in [-0.1, -0.05) is 6.07 Å². The van der Waals surface area contributed by atoms with E-state index in [1.54, 1.807) is 11.3 Å². The molecule has 2 nitrogen and oxygen atoms in total. The van der Waals surface area contributed by atoms with E-state index in [-0.39, 0.29) is 4.75 Å². The van der Waals surface area contributed by atoms with Crippen molar-refractivity contribution in [2.45, 2.75) is 8.96 Å². The molecule has 0 atom stereocenters. The van der Waals surface area contributed by atoms with Crippen molar-refractivity contribution in [1.82, 2.24) is 0 Å². The van der Waals surface area contributed by atoms with E-state index in [2.05, 4.69) is 17.5 Å². The smallest absolute Gasteiger partial charge is 0.0802 e. The molecule has 1 aliphatic rings. The molecular formula is C8H11NOS2. The SMILES string of the molecule is NCC1(Sc2cccs2)COC1. The fourth-order valence-electron chi connectivity index (χ4n) is 1.08. The summed E-state index contributed by atoms with van der Waals surface area (Å²) in [5, 5.41) is 2.09. The Bertz CT molecular complexity index is 238. The molecule has 1 fully saturated rings. The highest BCUT2D eigenvalue weighted by atomic mass is 32.2. The van der Waals surface area contributed by atoms with Gasteiger partial charge >= 0.3 is 0 Å². The highest BCUT2D eigenvalue weighted by Crippen LogP contribution is 2.39. The van der Waals surface area contributed by atoms with E-state index in [4.69, 9.17) is 10.5 Å². The molecular weight excluding hydrogens is 190 g/mol. The Morgan fingerprint density at radius 1 is 1.67 bits per heavy atom. The summed E-state index contributed by atoms with van der Waals surface area (Å²) in [6.07, 6.45) is 0. The van der Waals surface area contributed by atoms with Gasteiger partial charge in [0, 0.05) is 6.54 Å². The molecule has 12 heavy (non-hydrogen) atoms. The Morgan fingerprint density at radius 2 is 2.50 bits per heavy atom. The predicted molar refractivity (Wildman–Crippen MR) is 52.8 cm³/mol. The first-order valence-electron chi connectivity index (χ1n) is 3.85. The predicted octanol–water partition coefficient (Wildman–Crippen LogP) is 1.57. The first-order valence-corrected chi connectivity index (χ1v) is 5.55. The van der Waals surface area contributed by atoms with E-state index in [0.29, 0.717) is 6.54 Å². The van der Waals surface area contributed by atoms with Gasteiger partial charge < -0.3 is 10.5 Å². The van der Waals surface area contributed by atoms with Gasteiger partial charge in [-0.25, -0.2) is 0 Å². The van der Waals surface area contributed by atoms with E-state index in [1.165, 1.54) is 4.21 Å². The summed E-state index contributed by atoms with van der Waals surface area (Å²) < 4.78 is 6.69. The first-order chi connectivity index (χ1) is 5.85. The largest absolute Gasteiger partial charge is 0.378 e. The van der Waals surface area contributed by atoms with Crippen LogP contribution in [0.3, 0.4) is 0 Å². The third-order valence-electron chi connectivity index (χ3n) is 1.91. The topological polar surface area (TPSA) is 35.2 Å². The van der Waals surface area contributed by atoms with Crippen LogP contribution in [0, 0.1) is 0 Å². The number of thiophene rings is 1. The Hall–Kier alpha value is -0.0300. The normalized spacial score (nSPS) is 20.4. The number of ether oxygens (including phenoxy) is 1. The van der Waals surface area contributed by atoms with Crippen molar-refractivity contribution in [3.63, 3.8) is 0 Å². The number of hydrogen-bond acceptors (Lipinski definition) is 4. The molecule has 1 aliphatic heterocycles. The van der Waals surface area contributed by atoms with Crippen molar-refractivity contribution in [3.8, 4) is 0 Å². The molecule has 0 aliphatic carbocycles. The maximum absolute atomic E-state index is 5.69. The average Bonchev–Trinajstić information content (AvgIpc) is 2.49. The van der Waals surface area contributed by atoms with Crippen LogP contribution < -0.4 is 5.73 Å². The molecule has 1 aromatic heterocycles. The van der Waals surface area contributed by atoms with E-state index < -0.39 is 0 Å². The van der Waals surface area contributed by atoms with Crippen molar-refractivity contribution in [2.75, 3.05) is 19.8 Å². The van der Waals surface area contributed by atoms with Gasteiger partial charge in [0.05, 0.1) is 22.2 Å². The van der Waals surface area contributed by atoms with E-state index in [1.807, 2.05) is 11.8 Å². The minimum Gasteiger partial charge on any atom is -0.378 e. The molecule has 2 rings (SSSR count). The zero-order valence-electron chi connectivity index (χ0n) is 6.66. The molecule has 0 unspecified atom stereocenters. The van der Waals surface area contributed by atoms with Gasteiger partial charge in [0.15, 0.2) is 0 Å². The minimum absolute atomic E-state index is 0.171. The Labute approximate surface area is 80.1 Å². The molecule has 0 amide bonds. The van der Waals surface area contributed by atoms with Gasteiger partial charge in [-0.2, -0.15) is 0 Å². The molecule has 0 bridgehead atoms. The van der Waals surface area contributed by atoms with Crippen molar-refractivity contribution < 1.29 is 4.74 Å². The third-order valence-corrected chi connectivity index (χ3v) is 4.29. The van der Waals surface area contributed by atoms with Gasteiger partial charge in [-0.3, -0.25) is 0 Å². The fraction of sp³-hybridized carbons (Fsp3) is 0.500. The van der Waals surface area contributed by atoms with Gasteiger partial charge in [0.25, 0.3) is 0 Å². The van der Waals surface area contributed by atoms with Crippen LogP contribution in [0.25, 0.3) is 0 Å². The standard InChI is InChI=1S/C8H11NOS2/c9-4-8(5-10-6-8)12-7-2-1-3-11-7/h1-3H,4-6,9H2. The van der Waals surface area contributed by atoms with Crippen LogP contribution in [0.1, 0.15) is 0 Å². The van der Waals surface area contributed by atoms with E-state index in [9.17, 15) is 0 Å². The quantitative estimate of drug-likeness (QED) is 0.806. The summed E-state index contributed by atoms with van der Waals surface area (Å²) >= 11 is 3.62. The van der Waals surface area contributed by atoms with Crippen LogP contribution in [-0.2, 0) is 4.74 Å². The lowest BCUT2D eigenvalue weighted by molar-refractivity contribution is -0.00428. The summed E-state index contributed by atoms with van der Waals surface area (Å²) in [5.41, 5.74) is 5.69. The molecule has 2 heterocycles. The van der Waals surface area contributed by atoms with Crippen LogP contribution in [0.2, 0.25) is 0 Å². The molecule has 66 valence electrons. The molecule has 2 N–H and O–H groups in total.